The molecule has 104 valence electrons. The van der Waals surface area contributed by atoms with Crippen molar-refractivity contribution >= 4 is 24.3 Å². The molecule has 0 saturated carbocycles. The number of nitrogens with zero attached hydrogens (tertiary/aromatic N) is 1. The third kappa shape index (κ3) is 1.64. The van der Waals surface area contributed by atoms with Gasteiger partial charge in [0.15, 0.2) is 0 Å². The van der Waals surface area contributed by atoms with Crippen LogP contribution in [-0.2, 0) is 9.45 Å². The minimum Gasteiger partial charge on any atom is -0.618 e. The van der Waals surface area contributed by atoms with Gasteiger partial charge in [-0.2, -0.15) is 0 Å². The van der Waals surface area contributed by atoms with E-state index in [1.165, 1.54) is 0 Å². The molecule has 2 heterocycles. The summed E-state index contributed by atoms with van der Waals surface area (Å²) in [5.41, 5.74) is 1.82. The van der Waals surface area contributed by atoms with Crippen LogP contribution < -0.4 is 10.1 Å². The maximum absolute atomic E-state index is 12.1. The number of carbonyl (C=O) groups excluding carboxylic acids is 1. The molecule has 0 aromatic heterocycles. The van der Waals surface area contributed by atoms with Crippen LogP contribution in [0.1, 0.15) is 12.5 Å². The highest BCUT2D eigenvalue weighted by molar-refractivity contribution is 6.77. The van der Waals surface area contributed by atoms with Crippen LogP contribution >= 0.6 is 0 Å². The van der Waals surface area contributed by atoms with Crippen molar-refractivity contribution in [2.75, 3.05) is 0 Å². The Morgan fingerprint density at radius 2 is 1.71 bits per heavy atom. The van der Waals surface area contributed by atoms with Crippen molar-refractivity contribution in [2.24, 2.45) is 0 Å². The molecule has 2 aliphatic rings. The highest BCUT2D eigenvalue weighted by atomic mass is 16.7. The molecule has 0 aliphatic carbocycles. The maximum Gasteiger partial charge on any atom is 0.682 e. The van der Waals surface area contributed by atoms with Crippen LogP contribution in [0.3, 0.4) is 0 Å². The minimum absolute atomic E-state index is 0.261. The quantitative estimate of drug-likeness (QED) is 0.739. The Kier molecular flexibility index (Phi) is 2.45. The molecule has 1 fully saturated rings. The van der Waals surface area contributed by atoms with Crippen LogP contribution in [0.4, 0.5) is 0 Å². The van der Waals surface area contributed by atoms with Crippen LogP contribution in [0.15, 0.2) is 54.6 Å². The van der Waals surface area contributed by atoms with E-state index in [-0.39, 0.29) is 12.0 Å². The van der Waals surface area contributed by atoms with Crippen molar-refractivity contribution in [3.8, 4) is 5.75 Å². The minimum atomic E-state index is -2.00. The predicted octanol–water partition coefficient (Wildman–Crippen LogP) is 1.30. The molecule has 2 aromatic rings. The number of fused-ring (bicyclic) bond motifs is 2. The average molecular weight is 279 g/mol. The van der Waals surface area contributed by atoms with E-state index in [0.29, 0.717) is 0 Å². The second-order valence-electron chi connectivity index (χ2n) is 5.43. The van der Waals surface area contributed by atoms with Crippen LogP contribution in [-0.4, -0.2) is 29.4 Å². The molecule has 21 heavy (non-hydrogen) atoms. The van der Waals surface area contributed by atoms with Gasteiger partial charge in [0.05, 0.1) is 11.3 Å². The molecule has 0 spiro atoms. The zero-order valence-electron chi connectivity index (χ0n) is 11.6. The van der Waals surface area contributed by atoms with E-state index in [4.69, 9.17) is 9.31 Å². The molecule has 0 N–H and O–H groups in total. The fourth-order valence-electron chi connectivity index (χ4n) is 3.06. The molecule has 0 bridgehead atoms. The van der Waals surface area contributed by atoms with E-state index >= 15 is 0 Å². The maximum atomic E-state index is 12.1. The van der Waals surface area contributed by atoms with Crippen molar-refractivity contribution in [2.45, 2.75) is 13.0 Å². The van der Waals surface area contributed by atoms with Gasteiger partial charge >= 0.3 is 12.7 Å². The Balaban J connectivity index is 1.96. The number of rotatable bonds is 1. The summed E-state index contributed by atoms with van der Waals surface area (Å²) in [5.74, 6) is 0.474. The molecule has 0 radical (unpaired) electrons. The second-order valence-corrected chi connectivity index (χ2v) is 5.43. The summed E-state index contributed by atoms with van der Waals surface area (Å²) in [6.07, 6.45) is 1.96. The lowest BCUT2D eigenvalue weighted by Crippen LogP contribution is -2.64. The van der Waals surface area contributed by atoms with Gasteiger partial charge in [-0.15, -0.1) is 0 Å². The fourth-order valence-corrected chi connectivity index (χ4v) is 3.06. The Morgan fingerprint density at radius 3 is 2.52 bits per heavy atom. The summed E-state index contributed by atoms with van der Waals surface area (Å²) in [4.78, 5) is 12.1. The second kappa shape index (κ2) is 4.22. The molecule has 2 unspecified atom stereocenters. The van der Waals surface area contributed by atoms with Gasteiger partial charge < -0.3 is 13.8 Å². The number of hydrogen-bond donors (Lipinski definition) is 0. The van der Waals surface area contributed by atoms with Crippen LogP contribution in [0.2, 0.25) is 0 Å². The Hall–Kier alpha value is -2.56. The topological polar surface area (TPSA) is 38.5 Å². The van der Waals surface area contributed by atoms with Gasteiger partial charge in [-0.3, -0.25) is 0 Å². The van der Waals surface area contributed by atoms with Crippen LogP contribution in [0.5, 0.6) is 5.75 Å². The van der Waals surface area contributed by atoms with Crippen molar-refractivity contribution in [1.29, 1.82) is 0 Å². The molecule has 4 rings (SSSR count). The highest BCUT2D eigenvalue weighted by Gasteiger charge is 2.60. The highest BCUT2D eigenvalue weighted by Crippen LogP contribution is 2.30. The van der Waals surface area contributed by atoms with E-state index < -0.39 is 6.69 Å². The van der Waals surface area contributed by atoms with Gasteiger partial charge in [0.1, 0.15) is 6.21 Å². The monoisotopic (exact) mass is 279 g/mol. The van der Waals surface area contributed by atoms with E-state index in [0.717, 1.165) is 16.8 Å². The van der Waals surface area contributed by atoms with Gasteiger partial charge in [-0.25, -0.2) is 4.79 Å². The Morgan fingerprint density at radius 1 is 1.00 bits per heavy atom. The molecule has 1 saturated heterocycles. The van der Waals surface area contributed by atoms with Crippen molar-refractivity contribution < 1.29 is 18.6 Å². The summed E-state index contributed by atoms with van der Waals surface area (Å²) in [7, 11) is 0. The normalized spacial score (nSPS) is 26.2. The molecular formula is C16H14BNO3. The fraction of sp³-hybridized carbons (Fsp3) is 0.125. The first-order chi connectivity index (χ1) is 10.2. The van der Waals surface area contributed by atoms with E-state index in [1.807, 2.05) is 72.2 Å². The molecule has 2 aliphatic heterocycles. The van der Waals surface area contributed by atoms with Gasteiger partial charge in [0.25, 0.3) is 0 Å². The molecule has 2 atom stereocenters. The summed E-state index contributed by atoms with van der Waals surface area (Å²) >= 11 is 0. The third-order valence-corrected chi connectivity index (χ3v) is 4.17. The van der Waals surface area contributed by atoms with E-state index in [2.05, 4.69) is 0 Å². The molecule has 0 amide bonds. The first-order valence-electron chi connectivity index (χ1n) is 7.04. The molecule has 5 heteroatoms. The number of benzene rings is 2. The summed E-state index contributed by atoms with van der Waals surface area (Å²) in [6.45, 7) is -0.164. The lowest BCUT2D eigenvalue weighted by atomic mass is 9.62. The average Bonchev–Trinajstić information content (AvgIpc) is 2.78. The zero-order chi connectivity index (χ0) is 14.4. The summed E-state index contributed by atoms with van der Waals surface area (Å²) in [5, 5.41) is 0. The predicted molar refractivity (Wildman–Crippen MR) is 79.9 cm³/mol. The van der Waals surface area contributed by atoms with Gasteiger partial charge in [-0.1, -0.05) is 42.5 Å². The molecule has 4 nitrogen and oxygen atoms in total. The van der Waals surface area contributed by atoms with Gasteiger partial charge in [0, 0.05) is 6.92 Å². The van der Waals surface area contributed by atoms with E-state index in [9.17, 15) is 4.79 Å². The number of hydrogen-bond acceptors (Lipinski definition) is 3. The van der Waals surface area contributed by atoms with E-state index in [1.54, 1.807) is 0 Å². The van der Waals surface area contributed by atoms with Crippen LogP contribution in [0, 0.1) is 0 Å². The summed E-state index contributed by atoms with van der Waals surface area (Å²) < 4.78 is 13.8. The Bertz CT molecular complexity index is 759. The first kappa shape index (κ1) is 12.2. The standard InChI is InChI=1S/C16H14BNO3/c1-12-16(19)21-17(14-8-3-2-4-9-14)18(12)11-13-7-5-6-10-15(13)20-17/h2-12H,1H3. The largest absolute Gasteiger partial charge is 0.682 e. The first-order valence-corrected chi connectivity index (χ1v) is 7.04. The third-order valence-electron chi connectivity index (χ3n) is 4.17. The number of para-hydroxylation sites is 1. The lowest BCUT2D eigenvalue weighted by Gasteiger charge is -2.35. The van der Waals surface area contributed by atoms with Gasteiger partial charge in [-0.05, 0) is 17.6 Å². The SMILES string of the molecule is CC1C(=O)O[B-]2(c3ccccc3)Oc3ccccc3C=[N+]12. The van der Waals surface area contributed by atoms with Crippen LogP contribution in [0.25, 0.3) is 0 Å². The lowest BCUT2D eigenvalue weighted by molar-refractivity contribution is -0.427. The summed E-state index contributed by atoms with van der Waals surface area (Å²) in [6, 6.07) is 17.0. The van der Waals surface area contributed by atoms with Gasteiger partial charge in [0.2, 0.25) is 6.04 Å². The zero-order valence-corrected chi connectivity index (χ0v) is 11.6. The molecular weight excluding hydrogens is 265 g/mol. The van der Waals surface area contributed by atoms with Crippen molar-refractivity contribution in [3.05, 3.63) is 60.2 Å². The Labute approximate surface area is 122 Å². The molecule has 2 aromatic carbocycles. The van der Waals surface area contributed by atoms with Crippen molar-refractivity contribution in [1.82, 2.24) is 0 Å². The number of carbonyl (C=O) groups is 1. The van der Waals surface area contributed by atoms with Crippen molar-refractivity contribution in [3.63, 3.8) is 0 Å². The smallest absolute Gasteiger partial charge is 0.618 e.